The lowest BCUT2D eigenvalue weighted by atomic mass is 9.77. The fourth-order valence-corrected chi connectivity index (χ4v) is 3.64. The maximum atomic E-state index is 11.8. The van der Waals surface area contributed by atoms with Gasteiger partial charge in [0.15, 0.2) is 8.32 Å². The van der Waals surface area contributed by atoms with Gasteiger partial charge in [-0.3, -0.25) is 4.79 Å². The van der Waals surface area contributed by atoms with E-state index < -0.39 is 13.9 Å². The number of β-lactam (4-membered cyclic amide) rings is 1. The Bertz CT molecular complexity index is 355. The van der Waals surface area contributed by atoms with Crippen LogP contribution in [0.15, 0.2) is 0 Å². The number of carbonyl (C=O) groups excluding carboxylic acids is 1. The smallest absolute Gasteiger partial charge is 0.228 e. The van der Waals surface area contributed by atoms with E-state index in [-0.39, 0.29) is 29.0 Å². The Labute approximate surface area is 118 Å². The Morgan fingerprint density at radius 1 is 1.26 bits per heavy atom. The molecule has 1 aliphatic heterocycles. The lowest BCUT2D eigenvalue weighted by Gasteiger charge is -2.48. The average molecular weight is 287 g/mol. The molecule has 0 radical (unpaired) electrons. The molecule has 0 spiro atoms. The Hall–Kier alpha value is -0.393. The average Bonchev–Trinajstić information content (AvgIpc) is 2.08. The van der Waals surface area contributed by atoms with E-state index in [9.17, 15) is 9.90 Å². The van der Waals surface area contributed by atoms with E-state index in [0.29, 0.717) is 0 Å². The Kier molecular flexibility index (Phi) is 4.26. The highest BCUT2D eigenvalue weighted by molar-refractivity contribution is 6.74. The lowest BCUT2D eigenvalue weighted by Crippen LogP contribution is -2.70. The minimum atomic E-state index is -1.89. The molecule has 3 atom stereocenters. The van der Waals surface area contributed by atoms with Gasteiger partial charge in [-0.25, -0.2) is 0 Å². The zero-order valence-electron chi connectivity index (χ0n) is 13.5. The molecule has 0 saturated carbocycles. The third-order valence-electron chi connectivity index (χ3n) is 4.51. The molecule has 1 heterocycles. The van der Waals surface area contributed by atoms with Crippen LogP contribution in [-0.2, 0) is 9.22 Å². The second kappa shape index (κ2) is 4.86. The van der Waals surface area contributed by atoms with Crippen molar-refractivity contribution in [2.45, 2.75) is 77.4 Å². The molecule has 1 rings (SSSR count). The van der Waals surface area contributed by atoms with Crippen molar-refractivity contribution in [2.24, 2.45) is 5.92 Å². The predicted octanol–water partition coefficient (Wildman–Crippen LogP) is 2.28. The first-order valence-electron chi connectivity index (χ1n) is 6.98. The molecule has 1 saturated heterocycles. The number of carbonyl (C=O) groups is 1. The van der Waals surface area contributed by atoms with Crippen LogP contribution in [0.25, 0.3) is 0 Å². The summed E-state index contributed by atoms with van der Waals surface area (Å²) >= 11 is 0. The maximum absolute atomic E-state index is 11.8. The van der Waals surface area contributed by atoms with Crippen LogP contribution in [0.1, 0.15) is 41.5 Å². The van der Waals surface area contributed by atoms with Gasteiger partial charge in [0.25, 0.3) is 0 Å². The van der Waals surface area contributed by atoms with Gasteiger partial charge in [0.1, 0.15) is 0 Å². The molecule has 0 aromatic carbocycles. The molecule has 1 unspecified atom stereocenters. The quantitative estimate of drug-likeness (QED) is 0.616. The first kappa shape index (κ1) is 16.7. The molecule has 0 bridgehead atoms. The van der Waals surface area contributed by atoms with Crippen molar-refractivity contribution in [3.63, 3.8) is 0 Å². The predicted molar refractivity (Wildman–Crippen MR) is 79.5 cm³/mol. The standard InChI is InChI=1S/C14H29NO3Si/c1-9(18-19(7,8)13(2,3)4)10-11(14(5,6)17)15-12(10)16/h9-11,17H,1-8H3,(H,15,16)/t9?,10-,11+/m1/s1. The minimum Gasteiger partial charge on any atom is -0.413 e. The third-order valence-corrected chi connectivity index (χ3v) is 9.09. The van der Waals surface area contributed by atoms with Crippen LogP contribution >= 0.6 is 0 Å². The van der Waals surface area contributed by atoms with Crippen molar-refractivity contribution in [2.75, 3.05) is 0 Å². The number of nitrogens with one attached hydrogen (secondary N) is 1. The Balaban J connectivity index is 2.78. The van der Waals surface area contributed by atoms with E-state index in [1.165, 1.54) is 0 Å². The van der Waals surface area contributed by atoms with Crippen molar-refractivity contribution in [1.82, 2.24) is 5.32 Å². The van der Waals surface area contributed by atoms with Crippen LogP contribution in [0.2, 0.25) is 18.1 Å². The highest BCUT2D eigenvalue weighted by atomic mass is 28.4. The number of amides is 1. The minimum absolute atomic E-state index is 0.0154. The molecule has 5 heteroatoms. The van der Waals surface area contributed by atoms with Gasteiger partial charge in [0.2, 0.25) is 5.91 Å². The summed E-state index contributed by atoms with van der Waals surface area (Å²) in [6.45, 7) is 16.3. The van der Waals surface area contributed by atoms with Crippen LogP contribution in [0, 0.1) is 5.92 Å². The van der Waals surface area contributed by atoms with Crippen LogP contribution in [-0.4, -0.2) is 37.1 Å². The molecule has 0 aromatic rings. The van der Waals surface area contributed by atoms with E-state index in [4.69, 9.17) is 4.43 Å². The maximum Gasteiger partial charge on any atom is 0.228 e. The highest BCUT2D eigenvalue weighted by Crippen LogP contribution is 2.39. The van der Waals surface area contributed by atoms with Crippen LogP contribution in [0.5, 0.6) is 0 Å². The second-order valence-electron chi connectivity index (χ2n) is 7.75. The van der Waals surface area contributed by atoms with Crippen LogP contribution in [0.3, 0.4) is 0 Å². The van der Waals surface area contributed by atoms with Crippen LogP contribution in [0.4, 0.5) is 0 Å². The fraction of sp³-hybridized carbons (Fsp3) is 0.929. The summed E-state index contributed by atoms with van der Waals surface area (Å²) in [6.07, 6.45) is -0.161. The summed E-state index contributed by atoms with van der Waals surface area (Å²) < 4.78 is 6.27. The van der Waals surface area contributed by atoms with E-state index in [1.807, 2.05) is 6.92 Å². The van der Waals surface area contributed by atoms with Crippen molar-refractivity contribution in [3.8, 4) is 0 Å². The van der Waals surface area contributed by atoms with Gasteiger partial charge in [-0.05, 0) is 38.9 Å². The Morgan fingerprint density at radius 3 is 2.05 bits per heavy atom. The van der Waals surface area contributed by atoms with Crippen LogP contribution < -0.4 is 5.32 Å². The SMILES string of the molecule is CC(O[Si](C)(C)C(C)(C)C)[C@H]1C(=O)N[C@@H]1C(C)(C)O. The molecule has 0 aliphatic carbocycles. The van der Waals surface area contributed by atoms with Crippen molar-refractivity contribution >= 4 is 14.2 Å². The van der Waals surface area contributed by atoms with Crippen molar-refractivity contribution in [3.05, 3.63) is 0 Å². The van der Waals surface area contributed by atoms with E-state index in [0.717, 1.165) is 0 Å². The molecule has 4 nitrogen and oxygen atoms in total. The number of aliphatic hydroxyl groups is 1. The van der Waals surface area contributed by atoms with Gasteiger partial charge in [-0.15, -0.1) is 0 Å². The summed E-state index contributed by atoms with van der Waals surface area (Å²) in [5, 5.41) is 13.0. The molecule has 19 heavy (non-hydrogen) atoms. The zero-order chi connectivity index (χ0) is 15.2. The normalized spacial score (nSPS) is 26.7. The van der Waals surface area contributed by atoms with Gasteiger partial charge in [0, 0.05) is 0 Å². The molecule has 1 fully saturated rings. The van der Waals surface area contributed by atoms with Crippen molar-refractivity contribution in [1.29, 1.82) is 0 Å². The van der Waals surface area contributed by atoms with Gasteiger partial charge in [-0.2, -0.15) is 0 Å². The summed E-state index contributed by atoms with van der Waals surface area (Å²) in [5.41, 5.74) is -0.913. The van der Waals surface area contributed by atoms with E-state index in [1.54, 1.807) is 13.8 Å². The first-order chi connectivity index (χ1) is 8.27. The molecule has 0 aromatic heterocycles. The molecule has 2 N–H and O–H groups in total. The summed E-state index contributed by atoms with van der Waals surface area (Å²) in [7, 11) is -1.89. The van der Waals surface area contributed by atoms with Gasteiger partial charge in [-0.1, -0.05) is 20.8 Å². The highest BCUT2D eigenvalue weighted by Gasteiger charge is 2.52. The monoisotopic (exact) mass is 287 g/mol. The number of rotatable bonds is 4. The number of hydrogen-bond donors (Lipinski definition) is 2. The van der Waals surface area contributed by atoms with Crippen molar-refractivity contribution < 1.29 is 14.3 Å². The summed E-state index contributed by atoms with van der Waals surface area (Å²) in [4.78, 5) is 11.8. The second-order valence-corrected chi connectivity index (χ2v) is 12.5. The van der Waals surface area contributed by atoms with E-state index in [2.05, 4.69) is 39.2 Å². The van der Waals surface area contributed by atoms with E-state index >= 15 is 0 Å². The molecular formula is C14H29NO3Si. The summed E-state index contributed by atoms with van der Waals surface area (Å²) in [5.74, 6) is -0.271. The van der Waals surface area contributed by atoms with Gasteiger partial charge in [0.05, 0.1) is 23.7 Å². The zero-order valence-corrected chi connectivity index (χ0v) is 14.5. The number of hydrogen-bond acceptors (Lipinski definition) is 3. The molecule has 1 amide bonds. The molecule has 112 valence electrons. The third kappa shape index (κ3) is 3.38. The fourth-order valence-electron chi connectivity index (χ4n) is 2.21. The van der Waals surface area contributed by atoms with Gasteiger partial charge >= 0.3 is 0 Å². The summed E-state index contributed by atoms with van der Waals surface area (Å²) in [6, 6.07) is -0.222. The van der Waals surface area contributed by atoms with Gasteiger partial charge < -0.3 is 14.8 Å². The molecular weight excluding hydrogens is 258 g/mol. The Morgan fingerprint density at radius 2 is 1.74 bits per heavy atom. The molecule has 1 aliphatic rings. The topological polar surface area (TPSA) is 58.6 Å². The lowest BCUT2D eigenvalue weighted by molar-refractivity contribution is -0.150. The first-order valence-corrected chi connectivity index (χ1v) is 9.89. The largest absolute Gasteiger partial charge is 0.413 e.